The Bertz CT molecular complexity index is 486. The van der Waals surface area contributed by atoms with Crippen LogP contribution in [0.25, 0.3) is 0 Å². The van der Waals surface area contributed by atoms with Crippen molar-refractivity contribution in [2.24, 2.45) is 0 Å². The molecule has 0 aliphatic rings. The summed E-state index contributed by atoms with van der Waals surface area (Å²) in [6.07, 6.45) is 6.47. The standard InChI is InChI=1S/C13H15BrN2O2/c1-17-11-3-4-13(12(14)9-11)18-8-2-6-16-7-5-15-10-16/h3-5,7,9-10H,2,6,8H2,1H3. The highest BCUT2D eigenvalue weighted by Gasteiger charge is 2.02. The van der Waals surface area contributed by atoms with E-state index < -0.39 is 0 Å². The van der Waals surface area contributed by atoms with Gasteiger partial charge in [0.25, 0.3) is 0 Å². The van der Waals surface area contributed by atoms with E-state index in [9.17, 15) is 0 Å². The largest absolute Gasteiger partial charge is 0.497 e. The van der Waals surface area contributed by atoms with Crippen molar-refractivity contribution in [2.45, 2.75) is 13.0 Å². The minimum absolute atomic E-state index is 0.670. The number of aryl methyl sites for hydroxylation is 1. The van der Waals surface area contributed by atoms with Gasteiger partial charge < -0.3 is 14.0 Å². The Morgan fingerprint density at radius 1 is 1.39 bits per heavy atom. The van der Waals surface area contributed by atoms with Crippen LogP contribution in [0, 0.1) is 0 Å². The number of nitrogens with zero attached hydrogens (tertiary/aromatic N) is 2. The molecule has 18 heavy (non-hydrogen) atoms. The van der Waals surface area contributed by atoms with E-state index >= 15 is 0 Å². The van der Waals surface area contributed by atoms with Gasteiger partial charge in [-0.15, -0.1) is 0 Å². The molecule has 0 N–H and O–H groups in total. The molecule has 0 aliphatic heterocycles. The van der Waals surface area contributed by atoms with Crippen LogP contribution in [0.2, 0.25) is 0 Å². The van der Waals surface area contributed by atoms with Crippen molar-refractivity contribution in [3.63, 3.8) is 0 Å². The third-order valence-corrected chi connectivity index (χ3v) is 3.14. The molecule has 0 aliphatic carbocycles. The molecule has 0 radical (unpaired) electrons. The van der Waals surface area contributed by atoms with Crippen molar-refractivity contribution in [3.05, 3.63) is 41.4 Å². The van der Waals surface area contributed by atoms with E-state index in [-0.39, 0.29) is 0 Å². The van der Waals surface area contributed by atoms with Crippen molar-refractivity contribution >= 4 is 15.9 Å². The van der Waals surface area contributed by atoms with Gasteiger partial charge in [0.05, 0.1) is 24.5 Å². The zero-order chi connectivity index (χ0) is 12.8. The summed E-state index contributed by atoms with van der Waals surface area (Å²) in [5.41, 5.74) is 0. The van der Waals surface area contributed by atoms with Crippen LogP contribution in [0.15, 0.2) is 41.4 Å². The second-order valence-corrected chi connectivity index (χ2v) is 4.65. The normalized spacial score (nSPS) is 10.3. The Morgan fingerprint density at radius 3 is 2.94 bits per heavy atom. The summed E-state index contributed by atoms with van der Waals surface area (Å²) >= 11 is 3.46. The van der Waals surface area contributed by atoms with Crippen LogP contribution in [0.3, 0.4) is 0 Å². The van der Waals surface area contributed by atoms with Gasteiger partial charge in [-0.05, 0) is 40.5 Å². The van der Waals surface area contributed by atoms with Crippen molar-refractivity contribution in [2.75, 3.05) is 13.7 Å². The molecule has 0 saturated carbocycles. The van der Waals surface area contributed by atoms with E-state index in [0.717, 1.165) is 28.9 Å². The average Bonchev–Trinajstić information content (AvgIpc) is 2.89. The maximum absolute atomic E-state index is 5.70. The molecule has 1 aromatic heterocycles. The van der Waals surface area contributed by atoms with E-state index in [1.54, 1.807) is 13.3 Å². The molecule has 96 valence electrons. The fourth-order valence-corrected chi connectivity index (χ4v) is 2.05. The molecular weight excluding hydrogens is 296 g/mol. The monoisotopic (exact) mass is 310 g/mol. The fourth-order valence-electron chi connectivity index (χ4n) is 1.57. The third-order valence-electron chi connectivity index (χ3n) is 2.52. The molecule has 1 aromatic carbocycles. The van der Waals surface area contributed by atoms with Gasteiger partial charge in [-0.2, -0.15) is 0 Å². The first-order valence-electron chi connectivity index (χ1n) is 5.71. The lowest BCUT2D eigenvalue weighted by molar-refractivity contribution is 0.299. The summed E-state index contributed by atoms with van der Waals surface area (Å²) in [6.45, 7) is 1.58. The van der Waals surface area contributed by atoms with Crippen LogP contribution in [0.1, 0.15) is 6.42 Å². The van der Waals surface area contributed by atoms with Crippen LogP contribution in [0.4, 0.5) is 0 Å². The summed E-state index contributed by atoms with van der Waals surface area (Å²) in [5.74, 6) is 1.65. The third kappa shape index (κ3) is 3.50. The summed E-state index contributed by atoms with van der Waals surface area (Å²) in [7, 11) is 1.65. The predicted octanol–water partition coefficient (Wildman–Crippen LogP) is 3.12. The number of ether oxygens (including phenoxy) is 2. The molecule has 0 bridgehead atoms. The molecule has 0 fully saturated rings. The maximum Gasteiger partial charge on any atom is 0.133 e. The van der Waals surface area contributed by atoms with Crippen molar-refractivity contribution in [3.8, 4) is 11.5 Å². The van der Waals surface area contributed by atoms with Crippen LogP contribution < -0.4 is 9.47 Å². The van der Waals surface area contributed by atoms with Gasteiger partial charge in [0.2, 0.25) is 0 Å². The number of hydrogen-bond donors (Lipinski definition) is 0. The van der Waals surface area contributed by atoms with Crippen LogP contribution >= 0.6 is 15.9 Å². The van der Waals surface area contributed by atoms with Crippen molar-refractivity contribution in [1.82, 2.24) is 9.55 Å². The molecule has 2 aromatic rings. The molecular formula is C13H15BrN2O2. The highest BCUT2D eigenvalue weighted by atomic mass is 79.9. The molecule has 2 rings (SSSR count). The van der Waals surface area contributed by atoms with Gasteiger partial charge in [-0.25, -0.2) is 4.98 Å². The van der Waals surface area contributed by atoms with Crippen molar-refractivity contribution < 1.29 is 9.47 Å². The lowest BCUT2D eigenvalue weighted by Crippen LogP contribution is -2.03. The first-order valence-corrected chi connectivity index (χ1v) is 6.51. The zero-order valence-electron chi connectivity index (χ0n) is 10.2. The van der Waals surface area contributed by atoms with E-state index in [2.05, 4.69) is 20.9 Å². The van der Waals surface area contributed by atoms with Gasteiger partial charge in [-0.3, -0.25) is 0 Å². The van der Waals surface area contributed by atoms with E-state index in [1.807, 2.05) is 35.3 Å². The predicted molar refractivity (Wildman–Crippen MR) is 73.0 cm³/mol. The first kappa shape index (κ1) is 13.0. The van der Waals surface area contributed by atoms with Gasteiger partial charge in [-0.1, -0.05) is 0 Å². The molecule has 0 atom stereocenters. The molecule has 0 unspecified atom stereocenters. The van der Waals surface area contributed by atoms with E-state index in [0.29, 0.717) is 6.61 Å². The molecule has 1 heterocycles. The van der Waals surface area contributed by atoms with E-state index in [1.165, 1.54) is 0 Å². The summed E-state index contributed by atoms with van der Waals surface area (Å²) in [6, 6.07) is 5.68. The minimum atomic E-state index is 0.670. The number of methoxy groups -OCH3 is 1. The number of halogens is 1. The lowest BCUT2D eigenvalue weighted by atomic mass is 10.3. The highest BCUT2D eigenvalue weighted by Crippen LogP contribution is 2.29. The van der Waals surface area contributed by atoms with Gasteiger partial charge in [0.1, 0.15) is 11.5 Å². The molecule has 0 saturated heterocycles. The quantitative estimate of drug-likeness (QED) is 0.769. The second-order valence-electron chi connectivity index (χ2n) is 3.80. The van der Waals surface area contributed by atoms with Crippen LogP contribution in [0.5, 0.6) is 11.5 Å². The Balaban J connectivity index is 1.79. The molecule has 0 spiro atoms. The Labute approximate surface area is 115 Å². The molecule has 4 nitrogen and oxygen atoms in total. The van der Waals surface area contributed by atoms with Crippen LogP contribution in [-0.4, -0.2) is 23.3 Å². The maximum atomic E-state index is 5.70. The highest BCUT2D eigenvalue weighted by molar-refractivity contribution is 9.10. The smallest absolute Gasteiger partial charge is 0.133 e. The Morgan fingerprint density at radius 2 is 2.28 bits per heavy atom. The Kier molecular flexibility index (Phi) is 4.64. The number of rotatable bonds is 6. The number of benzene rings is 1. The lowest BCUT2D eigenvalue weighted by Gasteiger charge is -2.09. The number of imidazole rings is 1. The summed E-state index contributed by atoms with van der Waals surface area (Å²) < 4.78 is 13.8. The minimum Gasteiger partial charge on any atom is -0.497 e. The number of aromatic nitrogens is 2. The summed E-state index contributed by atoms with van der Waals surface area (Å²) in [5, 5.41) is 0. The SMILES string of the molecule is COc1ccc(OCCCn2ccnc2)c(Br)c1. The van der Waals surface area contributed by atoms with E-state index in [4.69, 9.17) is 9.47 Å². The summed E-state index contributed by atoms with van der Waals surface area (Å²) in [4.78, 5) is 3.99. The number of hydrogen-bond acceptors (Lipinski definition) is 3. The van der Waals surface area contributed by atoms with Crippen LogP contribution in [-0.2, 0) is 6.54 Å². The molecule has 0 amide bonds. The van der Waals surface area contributed by atoms with Gasteiger partial charge >= 0.3 is 0 Å². The topological polar surface area (TPSA) is 36.3 Å². The van der Waals surface area contributed by atoms with Gasteiger partial charge in [0.15, 0.2) is 0 Å². The fraction of sp³-hybridized carbons (Fsp3) is 0.308. The zero-order valence-corrected chi connectivity index (χ0v) is 11.8. The van der Waals surface area contributed by atoms with Crippen molar-refractivity contribution in [1.29, 1.82) is 0 Å². The molecule has 5 heteroatoms. The Hall–Kier alpha value is -1.49. The second kappa shape index (κ2) is 6.44. The average molecular weight is 311 g/mol. The first-order chi connectivity index (χ1) is 8.79. The van der Waals surface area contributed by atoms with Gasteiger partial charge in [0, 0.05) is 18.9 Å².